The zero-order valence-electron chi connectivity index (χ0n) is 14.2. The number of sulfone groups is 1. The highest BCUT2D eigenvalue weighted by Crippen LogP contribution is 2.33. The number of hydrogen-bond acceptors (Lipinski definition) is 4. The molecule has 0 bridgehead atoms. The summed E-state index contributed by atoms with van der Waals surface area (Å²) in [5.41, 5.74) is 0.266. The van der Waals surface area contributed by atoms with E-state index < -0.39 is 15.3 Å². The van der Waals surface area contributed by atoms with Crippen LogP contribution < -0.4 is 4.74 Å². The van der Waals surface area contributed by atoms with Gasteiger partial charge in [0.2, 0.25) is 9.84 Å². The van der Waals surface area contributed by atoms with Crippen molar-refractivity contribution in [1.82, 2.24) is 0 Å². The van der Waals surface area contributed by atoms with Gasteiger partial charge in [-0.05, 0) is 42.9 Å². The molecule has 0 aliphatic carbocycles. The Labute approximate surface area is 134 Å². The predicted octanol–water partition coefficient (Wildman–Crippen LogP) is 3.80. The number of aliphatic hydroxyl groups excluding tert-OH is 1. The van der Waals surface area contributed by atoms with Crippen LogP contribution in [0, 0.1) is 6.92 Å². The maximum atomic E-state index is 12.7. The number of methoxy groups -OCH3 is 1. The molecule has 0 aliphatic heterocycles. The Morgan fingerprint density at radius 2 is 1.86 bits per heavy atom. The van der Waals surface area contributed by atoms with Crippen molar-refractivity contribution in [2.75, 3.05) is 7.11 Å². The van der Waals surface area contributed by atoms with Gasteiger partial charge < -0.3 is 9.84 Å². The van der Waals surface area contributed by atoms with Gasteiger partial charge in [0.15, 0.2) is 5.44 Å². The highest BCUT2D eigenvalue weighted by atomic mass is 32.2. The molecule has 0 amide bonds. The summed E-state index contributed by atoms with van der Waals surface area (Å²) in [5.74, 6) is 0.584. The number of ether oxygens (including phenoxy) is 1. The van der Waals surface area contributed by atoms with Crippen molar-refractivity contribution in [3.8, 4) is 5.75 Å². The second-order valence-electron chi connectivity index (χ2n) is 6.01. The van der Waals surface area contributed by atoms with Gasteiger partial charge in [-0.25, -0.2) is 8.42 Å². The molecule has 0 aliphatic rings. The lowest BCUT2D eigenvalue weighted by atomic mass is 10.0. The minimum absolute atomic E-state index is 0.0530. The van der Waals surface area contributed by atoms with Gasteiger partial charge in [0.1, 0.15) is 5.75 Å². The molecule has 4 nitrogen and oxygen atoms in total. The molecule has 1 atom stereocenters. The summed E-state index contributed by atoms with van der Waals surface area (Å²) in [6.07, 6.45) is 2.88. The van der Waals surface area contributed by atoms with Crippen molar-refractivity contribution >= 4 is 9.84 Å². The van der Waals surface area contributed by atoms with Gasteiger partial charge in [0.05, 0.1) is 12.0 Å². The lowest BCUT2D eigenvalue weighted by Gasteiger charge is -2.19. The van der Waals surface area contributed by atoms with Gasteiger partial charge in [-0.1, -0.05) is 39.7 Å². The topological polar surface area (TPSA) is 63.6 Å². The quantitative estimate of drug-likeness (QED) is 0.737. The fraction of sp³-hybridized carbons (Fsp3) is 0.647. The first-order chi connectivity index (χ1) is 10.3. The van der Waals surface area contributed by atoms with E-state index in [2.05, 4.69) is 0 Å². The molecule has 22 heavy (non-hydrogen) atoms. The number of benzene rings is 1. The molecule has 1 aromatic rings. The normalized spacial score (nSPS) is 13.4. The van der Waals surface area contributed by atoms with Gasteiger partial charge in [0, 0.05) is 0 Å². The van der Waals surface area contributed by atoms with E-state index in [0.29, 0.717) is 12.2 Å². The van der Waals surface area contributed by atoms with Crippen molar-refractivity contribution in [3.63, 3.8) is 0 Å². The van der Waals surface area contributed by atoms with E-state index >= 15 is 0 Å². The molecular weight excluding hydrogens is 300 g/mol. The molecule has 5 heteroatoms. The third kappa shape index (κ3) is 4.23. The van der Waals surface area contributed by atoms with Gasteiger partial charge >= 0.3 is 0 Å². The second-order valence-corrected chi connectivity index (χ2v) is 8.08. The van der Waals surface area contributed by atoms with Crippen LogP contribution in [0.5, 0.6) is 5.75 Å². The van der Waals surface area contributed by atoms with E-state index in [0.717, 1.165) is 24.0 Å². The zero-order chi connectivity index (χ0) is 16.9. The number of hydrogen-bond donors (Lipinski definition) is 1. The summed E-state index contributed by atoms with van der Waals surface area (Å²) in [6, 6.07) is 3.39. The van der Waals surface area contributed by atoms with Crippen molar-refractivity contribution < 1.29 is 18.3 Å². The molecule has 0 saturated carbocycles. The van der Waals surface area contributed by atoms with Crippen LogP contribution in [0.1, 0.15) is 63.5 Å². The molecule has 0 fully saturated rings. The summed E-state index contributed by atoms with van der Waals surface area (Å²) in [7, 11) is -2.25. The lowest BCUT2D eigenvalue weighted by molar-refractivity contribution is 0.233. The molecule has 126 valence electrons. The van der Waals surface area contributed by atoms with Gasteiger partial charge in [-0.15, -0.1) is 0 Å². The van der Waals surface area contributed by atoms with E-state index in [4.69, 9.17) is 4.74 Å². The molecule has 1 rings (SSSR count). The smallest absolute Gasteiger partial charge is 0.205 e. The average Bonchev–Trinajstić information content (AvgIpc) is 2.46. The number of unbranched alkanes of at least 4 members (excludes halogenated alkanes) is 2. The Morgan fingerprint density at radius 3 is 2.36 bits per heavy atom. The van der Waals surface area contributed by atoms with Crippen LogP contribution in [0.4, 0.5) is 0 Å². The van der Waals surface area contributed by atoms with Gasteiger partial charge in [-0.3, -0.25) is 0 Å². The maximum absolute atomic E-state index is 12.7. The van der Waals surface area contributed by atoms with E-state index in [9.17, 15) is 13.5 Å². The first kappa shape index (κ1) is 19.0. The third-order valence-electron chi connectivity index (χ3n) is 3.87. The van der Waals surface area contributed by atoms with E-state index in [1.165, 1.54) is 7.11 Å². The third-order valence-corrected chi connectivity index (χ3v) is 5.79. The van der Waals surface area contributed by atoms with Crippen molar-refractivity contribution in [2.24, 2.45) is 0 Å². The molecule has 0 spiro atoms. The zero-order valence-corrected chi connectivity index (χ0v) is 15.0. The van der Waals surface area contributed by atoms with Crippen LogP contribution in [0.15, 0.2) is 17.0 Å². The van der Waals surface area contributed by atoms with Crippen LogP contribution in [0.3, 0.4) is 0 Å². The Balaban J connectivity index is 3.27. The Hall–Kier alpha value is -1.07. The largest absolute Gasteiger partial charge is 0.496 e. The summed E-state index contributed by atoms with van der Waals surface area (Å²) < 4.78 is 30.7. The van der Waals surface area contributed by atoms with Crippen molar-refractivity contribution in [2.45, 2.75) is 69.6 Å². The number of aryl methyl sites for hydroxylation is 1. The van der Waals surface area contributed by atoms with Gasteiger partial charge in [-0.2, -0.15) is 0 Å². The van der Waals surface area contributed by atoms with E-state index in [-0.39, 0.29) is 17.2 Å². The average molecular weight is 328 g/mol. The maximum Gasteiger partial charge on any atom is 0.205 e. The van der Waals surface area contributed by atoms with Gasteiger partial charge in [0.25, 0.3) is 0 Å². The monoisotopic (exact) mass is 328 g/mol. The summed E-state index contributed by atoms with van der Waals surface area (Å²) in [5, 5.41) is 10.2. The van der Waals surface area contributed by atoms with Crippen LogP contribution in [0.2, 0.25) is 0 Å². The van der Waals surface area contributed by atoms with Crippen molar-refractivity contribution in [1.29, 1.82) is 0 Å². The van der Waals surface area contributed by atoms with Crippen LogP contribution in [-0.2, 0) is 9.84 Å². The molecule has 0 radical (unpaired) electrons. The molecule has 1 aromatic carbocycles. The number of rotatable bonds is 8. The van der Waals surface area contributed by atoms with Crippen molar-refractivity contribution in [3.05, 3.63) is 23.3 Å². The highest BCUT2D eigenvalue weighted by Gasteiger charge is 2.29. The first-order valence-electron chi connectivity index (χ1n) is 7.86. The predicted molar refractivity (Wildman–Crippen MR) is 89.2 cm³/mol. The molecule has 1 unspecified atom stereocenters. The van der Waals surface area contributed by atoms with E-state index in [1.807, 2.05) is 33.8 Å². The van der Waals surface area contributed by atoms with Crippen LogP contribution in [-0.4, -0.2) is 26.1 Å². The highest BCUT2D eigenvalue weighted by molar-refractivity contribution is 7.92. The van der Waals surface area contributed by atoms with Crippen LogP contribution in [0.25, 0.3) is 0 Å². The Kier molecular flexibility index (Phi) is 6.88. The van der Waals surface area contributed by atoms with Crippen LogP contribution >= 0.6 is 0 Å². The minimum Gasteiger partial charge on any atom is -0.496 e. The first-order valence-corrected chi connectivity index (χ1v) is 9.40. The Bertz CT molecular complexity index is 591. The second kappa shape index (κ2) is 7.97. The number of aliphatic hydroxyl groups is 1. The Morgan fingerprint density at radius 1 is 1.23 bits per heavy atom. The summed E-state index contributed by atoms with van der Waals surface area (Å²) >= 11 is 0. The molecule has 0 saturated heterocycles. The summed E-state index contributed by atoms with van der Waals surface area (Å²) in [4.78, 5) is 0.189. The fourth-order valence-electron chi connectivity index (χ4n) is 2.48. The SMILES string of the molecule is CCCCCC(O)S(=O)(=O)c1cc(OC)c(C)cc1C(C)C. The standard InChI is InChI=1S/C17H28O4S/c1-6-7-8-9-17(18)22(19,20)16-11-15(21-5)13(4)10-14(16)12(2)3/h10-12,17-18H,6-9H2,1-5H3. The molecule has 1 N–H and O–H groups in total. The fourth-order valence-corrected chi connectivity index (χ4v) is 4.14. The lowest BCUT2D eigenvalue weighted by Crippen LogP contribution is -2.22. The molecule has 0 heterocycles. The van der Waals surface area contributed by atoms with E-state index in [1.54, 1.807) is 6.07 Å². The molecule has 0 aromatic heterocycles. The minimum atomic E-state index is -3.77. The summed E-state index contributed by atoms with van der Waals surface area (Å²) in [6.45, 7) is 7.83. The molecular formula is C17H28O4S.